The van der Waals surface area contributed by atoms with Gasteiger partial charge >= 0.3 is 6.61 Å². The van der Waals surface area contributed by atoms with E-state index < -0.39 is 12.5 Å². The van der Waals surface area contributed by atoms with Gasteiger partial charge in [-0.2, -0.15) is 8.78 Å². The molecule has 4 aromatic rings. The Morgan fingerprint density at radius 1 is 0.854 bits per heavy atom. The van der Waals surface area contributed by atoms with Crippen molar-refractivity contribution >= 4 is 5.91 Å². The Labute approximate surface area is 239 Å². The fraction of sp³-hybridized carbons (Fsp3) is 0.242. The summed E-state index contributed by atoms with van der Waals surface area (Å²) in [4.78, 5) is 13.8. The number of benzene rings is 4. The molecule has 0 radical (unpaired) electrons. The Balaban J connectivity index is 1.49. The molecule has 0 aliphatic carbocycles. The molecule has 0 unspecified atom stereocenters. The topological polar surface area (TPSA) is 74.0 Å². The lowest BCUT2D eigenvalue weighted by Crippen LogP contribution is -2.30. The quantitative estimate of drug-likeness (QED) is 0.168. The number of hydrogen-bond acceptors (Lipinski definition) is 5. The average Bonchev–Trinajstić information content (AvgIpc) is 2.99. The first-order valence-corrected chi connectivity index (χ1v) is 13.4. The van der Waals surface area contributed by atoms with Gasteiger partial charge in [0.2, 0.25) is 5.91 Å². The van der Waals surface area contributed by atoms with Gasteiger partial charge < -0.3 is 19.9 Å². The molecule has 0 heterocycles. The molecule has 0 saturated heterocycles. The van der Waals surface area contributed by atoms with Gasteiger partial charge in [0.25, 0.3) is 0 Å². The van der Waals surface area contributed by atoms with Crippen LogP contribution in [-0.2, 0) is 6.54 Å². The Kier molecular flexibility index (Phi) is 10.7. The molecule has 41 heavy (non-hydrogen) atoms. The summed E-state index contributed by atoms with van der Waals surface area (Å²) in [5.41, 5.74) is 9.12. The second-order valence-corrected chi connectivity index (χ2v) is 9.56. The Hall–Kier alpha value is -4.43. The number of ether oxygens (including phenoxy) is 3. The van der Waals surface area contributed by atoms with E-state index in [9.17, 15) is 13.6 Å². The first-order chi connectivity index (χ1) is 19.9. The number of amides is 1. The highest BCUT2D eigenvalue weighted by Crippen LogP contribution is 2.29. The van der Waals surface area contributed by atoms with Crippen molar-refractivity contribution in [3.8, 4) is 17.2 Å². The maximum atomic E-state index is 12.6. The summed E-state index contributed by atoms with van der Waals surface area (Å²) in [6, 6.07) is 32.3. The van der Waals surface area contributed by atoms with Crippen molar-refractivity contribution in [1.82, 2.24) is 4.90 Å². The molecule has 6 nitrogen and oxygen atoms in total. The fourth-order valence-electron chi connectivity index (χ4n) is 4.71. The van der Waals surface area contributed by atoms with Crippen molar-refractivity contribution in [1.29, 1.82) is 0 Å². The summed E-state index contributed by atoms with van der Waals surface area (Å²) in [7, 11) is 1.51. The summed E-state index contributed by atoms with van der Waals surface area (Å²) in [5.74, 6) is 0.695. The van der Waals surface area contributed by atoms with E-state index in [1.165, 1.54) is 18.2 Å². The highest BCUT2D eigenvalue weighted by molar-refractivity contribution is 5.93. The van der Waals surface area contributed by atoms with Crippen LogP contribution >= 0.6 is 0 Å². The first-order valence-electron chi connectivity index (χ1n) is 13.4. The van der Waals surface area contributed by atoms with Crippen LogP contribution in [0.3, 0.4) is 0 Å². The Bertz CT molecular complexity index is 1330. The van der Waals surface area contributed by atoms with Gasteiger partial charge in [-0.15, -0.1) is 0 Å². The van der Waals surface area contributed by atoms with Gasteiger partial charge in [0, 0.05) is 31.1 Å². The number of nitrogens with two attached hydrogens (primary N) is 1. The number of primary amides is 1. The molecule has 8 heteroatoms. The van der Waals surface area contributed by atoms with Crippen molar-refractivity contribution in [2.45, 2.75) is 25.5 Å². The van der Waals surface area contributed by atoms with Crippen LogP contribution in [0.4, 0.5) is 8.78 Å². The minimum atomic E-state index is -2.86. The lowest BCUT2D eigenvalue weighted by molar-refractivity contribution is -0.0498. The number of nitrogens with zero attached hydrogens (tertiary/aromatic N) is 1. The van der Waals surface area contributed by atoms with Crippen LogP contribution in [0.25, 0.3) is 0 Å². The van der Waals surface area contributed by atoms with E-state index in [2.05, 4.69) is 33.9 Å². The average molecular weight is 561 g/mol. The molecular formula is C33H34F2N2O4. The second kappa shape index (κ2) is 14.8. The van der Waals surface area contributed by atoms with Crippen LogP contribution in [0.2, 0.25) is 0 Å². The molecule has 0 saturated carbocycles. The van der Waals surface area contributed by atoms with Crippen molar-refractivity contribution in [3.63, 3.8) is 0 Å². The van der Waals surface area contributed by atoms with E-state index in [1.54, 1.807) is 30.3 Å². The normalized spacial score (nSPS) is 11.2. The third-order valence-electron chi connectivity index (χ3n) is 6.72. The van der Waals surface area contributed by atoms with Crippen molar-refractivity contribution < 1.29 is 27.8 Å². The van der Waals surface area contributed by atoms with E-state index >= 15 is 0 Å². The van der Waals surface area contributed by atoms with Crippen molar-refractivity contribution in [2.75, 3.05) is 26.8 Å². The van der Waals surface area contributed by atoms with Crippen LogP contribution in [0.15, 0.2) is 103 Å². The Morgan fingerprint density at radius 3 is 2.05 bits per heavy atom. The number of halogens is 2. The van der Waals surface area contributed by atoms with Gasteiger partial charge in [-0.25, -0.2) is 0 Å². The predicted molar refractivity (Wildman–Crippen MR) is 155 cm³/mol. The molecule has 0 aliphatic heterocycles. The minimum absolute atomic E-state index is 0.126. The molecule has 0 atom stereocenters. The molecule has 0 aliphatic rings. The van der Waals surface area contributed by atoms with Crippen LogP contribution in [-0.4, -0.2) is 44.2 Å². The summed E-state index contributed by atoms with van der Waals surface area (Å²) in [5, 5.41) is 0. The maximum absolute atomic E-state index is 12.6. The molecule has 4 aromatic carbocycles. The number of carbonyl (C=O) groups is 1. The Morgan fingerprint density at radius 2 is 1.49 bits per heavy atom. The molecule has 0 fully saturated rings. The molecule has 0 spiro atoms. The number of carbonyl (C=O) groups excluding carboxylic acids is 1. The van der Waals surface area contributed by atoms with Crippen LogP contribution in [0.5, 0.6) is 17.2 Å². The van der Waals surface area contributed by atoms with Crippen LogP contribution in [0.1, 0.15) is 39.4 Å². The molecule has 2 N–H and O–H groups in total. The van der Waals surface area contributed by atoms with Crippen molar-refractivity contribution in [2.24, 2.45) is 5.73 Å². The van der Waals surface area contributed by atoms with Crippen LogP contribution < -0.4 is 19.9 Å². The summed E-state index contributed by atoms with van der Waals surface area (Å²) in [6.45, 7) is -0.374. The van der Waals surface area contributed by atoms with Crippen LogP contribution in [0, 0.1) is 0 Å². The van der Waals surface area contributed by atoms with Gasteiger partial charge in [-0.05, 0) is 53.4 Å². The lowest BCUT2D eigenvalue weighted by Gasteiger charge is -2.28. The zero-order chi connectivity index (χ0) is 29.0. The predicted octanol–water partition coefficient (Wildman–Crippen LogP) is 6.50. The summed E-state index contributed by atoms with van der Waals surface area (Å²) in [6.07, 6.45) is 0.712. The smallest absolute Gasteiger partial charge is 0.387 e. The molecule has 0 aromatic heterocycles. The largest absolute Gasteiger partial charge is 0.493 e. The maximum Gasteiger partial charge on any atom is 0.387 e. The molecule has 214 valence electrons. The van der Waals surface area contributed by atoms with Gasteiger partial charge in [0.05, 0.1) is 13.7 Å². The number of rotatable bonds is 15. The molecule has 4 rings (SSSR count). The number of alkyl halides is 2. The number of hydrogen-bond donors (Lipinski definition) is 1. The third kappa shape index (κ3) is 8.78. The highest BCUT2D eigenvalue weighted by Gasteiger charge is 2.19. The molecule has 1 amide bonds. The van der Waals surface area contributed by atoms with E-state index in [0.29, 0.717) is 43.2 Å². The lowest BCUT2D eigenvalue weighted by atomic mass is 9.90. The first kappa shape index (κ1) is 29.6. The minimum Gasteiger partial charge on any atom is -0.493 e. The van der Waals surface area contributed by atoms with E-state index in [4.69, 9.17) is 15.2 Å². The number of methoxy groups -OCH3 is 1. The van der Waals surface area contributed by atoms with E-state index in [-0.39, 0.29) is 11.7 Å². The molecule has 0 bridgehead atoms. The van der Waals surface area contributed by atoms with Gasteiger partial charge in [-0.1, -0.05) is 72.8 Å². The third-order valence-corrected chi connectivity index (χ3v) is 6.72. The zero-order valence-electron chi connectivity index (χ0n) is 22.9. The summed E-state index contributed by atoms with van der Waals surface area (Å²) < 4.78 is 41.1. The van der Waals surface area contributed by atoms with E-state index in [0.717, 1.165) is 12.1 Å². The highest BCUT2D eigenvalue weighted by atomic mass is 19.3. The van der Waals surface area contributed by atoms with E-state index in [1.807, 2.05) is 48.5 Å². The second-order valence-electron chi connectivity index (χ2n) is 9.56. The standard InChI is InChI=1S/C33H34F2N2O4/c1-39-31-21-27(32(36)38)15-18-30(31)40-20-8-19-37(22-24-13-16-28(17-14-24)41-33(34)35)23-29(25-9-4-2-5-10-25)26-11-6-3-7-12-26/h2-7,9-18,21,29,33H,8,19-20,22-23H2,1H3,(H2,36,38). The SMILES string of the molecule is COc1cc(C(N)=O)ccc1OCCCN(Cc1ccc(OC(F)F)cc1)CC(c1ccccc1)c1ccccc1. The van der Waals surface area contributed by atoms with Gasteiger partial charge in [0.1, 0.15) is 5.75 Å². The zero-order valence-corrected chi connectivity index (χ0v) is 22.9. The fourth-order valence-corrected chi connectivity index (χ4v) is 4.71. The van der Waals surface area contributed by atoms with Gasteiger partial charge in [0.15, 0.2) is 11.5 Å². The molecular weight excluding hydrogens is 526 g/mol. The van der Waals surface area contributed by atoms with Crippen molar-refractivity contribution in [3.05, 3.63) is 125 Å². The summed E-state index contributed by atoms with van der Waals surface area (Å²) >= 11 is 0. The monoisotopic (exact) mass is 560 g/mol. The van der Waals surface area contributed by atoms with Gasteiger partial charge in [-0.3, -0.25) is 9.69 Å².